The average Bonchev–Trinajstić information content (AvgIpc) is 2.53. The van der Waals surface area contributed by atoms with Crippen LogP contribution in [0.3, 0.4) is 0 Å². The number of ether oxygens (including phenoxy) is 1. The van der Waals surface area contributed by atoms with Crippen LogP contribution in [0.25, 0.3) is 10.8 Å². The van der Waals surface area contributed by atoms with E-state index >= 15 is 0 Å². The quantitative estimate of drug-likeness (QED) is 0.898. The lowest BCUT2D eigenvalue weighted by atomic mass is 10.0. The molecule has 1 aliphatic heterocycles. The van der Waals surface area contributed by atoms with Gasteiger partial charge >= 0.3 is 0 Å². The summed E-state index contributed by atoms with van der Waals surface area (Å²) in [6.45, 7) is 1.34. The Balaban J connectivity index is 1.61. The van der Waals surface area contributed by atoms with E-state index in [1.807, 2.05) is 24.3 Å². The fourth-order valence-corrected chi connectivity index (χ4v) is 2.76. The normalized spacial score (nSPS) is 20.8. The largest absolute Gasteiger partial charge is 0.491 e. The standard InChI is InChI=1S/C17H21NO2/c19-17(16-7-3-4-10-18-16)12-20-15-9-8-13-5-1-2-6-14(13)11-15/h1-2,5-6,8-9,11,16-19H,3-4,7,10,12H2/t16-,17+/m0/s1. The van der Waals surface area contributed by atoms with Crippen LogP contribution in [-0.2, 0) is 0 Å². The number of piperidine rings is 1. The first-order valence-corrected chi connectivity index (χ1v) is 7.36. The Labute approximate surface area is 119 Å². The van der Waals surface area contributed by atoms with E-state index in [1.165, 1.54) is 18.2 Å². The molecule has 1 heterocycles. The fourth-order valence-electron chi connectivity index (χ4n) is 2.76. The van der Waals surface area contributed by atoms with Crippen molar-refractivity contribution in [2.24, 2.45) is 0 Å². The summed E-state index contributed by atoms with van der Waals surface area (Å²) in [5.74, 6) is 0.818. The smallest absolute Gasteiger partial charge is 0.120 e. The Morgan fingerprint density at radius 3 is 2.80 bits per heavy atom. The van der Waals surface area contributed by atoms with Crippen LogP contribution in [0.5, 0.6) is 5.75 Å². The van der Waals surface area contributed by atoms with E-state index in [2.05, 4.69) is 23.5 Å². The van der Waals surface area contributed by atoms with Gasteiger partial charge in [-0.3, -0.25) is 0 Å². The highest BCUT2D eigenvalue weighted by Gasteiger charge is 2.21. The summed E-state index contributed by atoms with van der Waals surface area (Å²) in [6.07, 6.45) is 2.98. The molecule has 20 heavy (non-hydrogen) atoms. The lowest BCUT2D eigenvalue weighted by Gasteiger charge is -2.27. The third kappa shape index (κ3) is 3.11. The van der Waals surface area contributed by atoms with Crippen molar-refractivity contribution in [3.05, 3.63) is 42.5 Å². The Morgan fingerprint density at radius 2 is 2.00 bits per heavy atom. The summed E-state index contributed by atoms with van der Waals surface area (Å²) in [7, 11) is 0. The van der Waals surface area contributed by atoms with Crippen LogP contribution in [0, 0.1) is 0 Å². The lowest BCUT2D eigenvalue weighted by Crippen LogP contribution is -2.45. The minimum absolute atomic E-state index is 0.171. The van der Waals surface area contributed by atoms with Gasteiger partial charge in [0.25, 0.3) is 0 Å². The molecule has 0 aliphatic carbocycles. The second-order valence-corrected chi connectivity index (χ2v) is 5.44. The topological polar surface area (TPSA) is 41.5 Å². The monoisotopic (exact) mass is 271 g/mol. The van der Waals surface area contributed by atoms with Crippen molar-refractivity contribution in [3.8, 4) is 5.75 Å². The number of fused-ring (bicyclic) bond motifs is 1. The Morgan fingerprint density at radius 1 is 1.15 bits per heavy atom. The van der Waals surface area contributed by atoms with Crippen molar-refractivity contribution in [2.75, 3.05) is 13.2 Å². The molecule has 0 radical (unpaired) electrons. The summed E-state index contributed by atoms with van der Waals surface area (Å²) >= 11 is 0. The van der Waals surface area contributed by atoms with Crippen molar-refractivity contribution in [3.63, 3.8) is 0 Å². The molecule has 2 N–H and O–H groups in total. The molecular formula is C17H21NO2. The molecule has 0 bridgehead atoms. The number of aliphatic hydroxyl groups excluding tert-OH is 1. The van der Waals surface area contributed by atoms with E-state index in [9.17, 15) is 5.11 Å². The van der Waals surface area contributed by atoms with E-state index in [0.29, 0.717) is 6.61 Å². The van der Waals surface area contributed by atoms with Gasteiger partial charge in [0.15, 0.2) is 0 Å². The molecule has 3 heteroatoms. The zero-order valence-corrected chi connectivity index (χ0v) is 11.6. The Hall–Kier alpha value is -1.58. The van der Waals surface area contributed by atoms with E-state index in [1.54, 1.807) is 0 Å². The molecule has 2 aromatic carbocycles. The summed E-state index contributed by atoms with van der Waals surface area (Å²) in [5, 5.41) is 15.9. The van der Waals surface area contributed by atoms with E-state index in [0.717, 1.165) is 24.1 Å². The molecule has 0 spiro atoms. The van der Waals surface area contributed by atoms with E-state index in [-0.39, 0.29) is 6.04 Å². The molecular weight excluding hydrogens is 250 g/mol. The number of hydrogen-bond acceptors (Lipinski definition) is 3. The van der Waals surface area contributed by atoms with Crippen LogP contribution in [0.4, 0.5) is 0 Å². The van der Waals surface area contributed by atoms with Crippen molar-refractivity contribution < 1.29 is 9.84 Å². The summed E-state index contributed by atoms with van der Waals surface area (Å²) < 4.78 is 5.74. The maximum absolute atomic E-state index is 10.2. The molecule has 3 nitrogen and oxygen atoms in total. The van der Waals surface area contributed by atoms with Crippen LogP contribution < -0.4 is 10.1 Å². The van der Waals surface area contributed by atoms with Crippen molar-refractivity contribution in [1.82, 2.24) is 5.32 Å². The molecule has 3 rings (SSSR count). The molecule has 1 aliphatic rings. The highest BCUT2D eigenvalue weighted by atomic mass is 16.5. The Bertz CT molecular complexity index is 564. The second kappa shape index (κ2) is 6.25. The minimum atomic E-state index is -0.443. The molecule has 2 aromatic rings. The first kappa shape index (κ1) is 13.4. The zero-order valence-electron chi connectivity index (χ0n) is 11.6. The van der Waals surface area contributed by atoms with Gasteiger partial charge in [0.05, 0.1) is 0 Å². The van der Waals surface area contributed by atoms with Crippen LogP contribution in [0.2, 0.25) is 0 Å². The minimum Gasteiger partial charge on any atom is -0.491 e. The maximum atomic E-state index is 10.2. The molecule has 0 aromatic heterocycles. The number of benzene rings is 2. The van der Waals surface area contributed by atoms with Gasteiger partial charge in [0.2, 0.25) is 0 Å². The van der Waals surface area contributed by atoms with Gasteiger partial charge in [-0.25, -0.2) is 0 Å². The second-order valence-electron chi connectivity index (χ2n) is 5.44. The summed E-state index contributed by atoms with van der Waals surface area (Å²) in [4.78, 5) is 0. The van der Waals surface area contributed by atoms with Gasteiger partial charge in [-0.2, -0.15) is 0 Å². The van der Waals surface area contributed by atoms with Gasteiger partial charge in [0, 0.05) is 6.04 Å². The van der Waals surface area contributed by atoms with Gasteiger partial charge < -0.3 is 15.2 Å². The van der Waals surface area contributed by atoms with Crippen LogP contribution in [-0.4, -0.2) is 30.4 Å². The fraction of sp³-hybridized carbons (Fsp3) is 0.412. The maximum Gasteiger partial charge on any atom is 0.120 e. The van der Waals surface area contributed by atoms with Crippen molar-refractivity contribution in [2.45, 2.75) is 31.4 Å². The molecule has 0 amide bonds. The molecule has 106 valence electrons. The summed E-state index contributed by atoms with van der Waals surface area (Å²) in [5.41, 5.74) is 0. The molecule has 2 atom stereocenters. The summed E-state index contributed by atoms with van der Waals surface area (Å²) in [6, 6.07) is 14.4. The molecule has 0 saturated carbocycles. The predicted molar refractivity (Wildman–Crippen MR) is 81.1 cm³/mol. The molecule has 0 unspecified atom stereocenters. The third-order valence-corrected chi connectivity index (χ3v) is 3.95. The molecule has 1 saturated heterocycles. The first-order chi connectivity index (χ1) is 9.83. The highest BCUT2D eigenvalue weighted by molar-refractivity contribution is 5.83. The number of rotatable bonds is 4. The van der Waals surface area contributed by atoms with Crippen molar-refractivity contribution >= 4 is 10.8 Å². The highest BCUT2D eigenvalue weighted by Crippen LogP contribution is 2.21. The van der Waals surface area contributed by atoms with Crippen LogP contribution in [0.1, 0.15) is 19.3 Å². The van der Waals surface area contributed by atoms with E-state index < -0.39 is 6.10 Å². The molecule has 1 fully saturated rings. The van der Waals surface area contributed by atoms with Gasteiger partial charge in [-0.15, -0.1) is 0 Å². The first-order valence-electron chi connectivity index (χ1n) is 7.36. The predicted octanol–water partition coefficient (Wildman–Crippen LogP) is 2.72. The Kier molecular flexibility index (Phi) is 4.19. The number of aliphatic hydroxyl groups is 1. The average molecular weight is 271 g/mol. The van der Waals surface area contributed by atoms with E-state index in [4.69, 9.17) is 4.74 Å². The van der Waals surface area contributed by atoms with Crippen molar-refractivity contribution in [1.29, 1.82) is 0 Å². The zero-order chi connectivity index (χ0) is 13.8. The lowest BCUT2D eigenvalue weighted by molar-refractivity contribution is 0.0640. The van der Waals surface area contributed by atoms with Crippen LogP contribution >= 0.6 is 0 Å². The number of hydrogen-bond donors (Lipinski definition) is 2. The third-order valence-electron chi connectivity index (χ3n) is 3.95. The van der Waals surface area contributed by atoms with Gasteiger partial charge in [-0.05, 0) is 42.3 Å². The van der Waals surface area contributed by atoms with Gasteiger partial charge in [0.1, 0.15) is 18.5 Å². The van der Waals surface area contributed by atoms with Gasteiger partial charge in [-0.1, -0.05) is 36.8 Å². The number of nitrogens with one attached hydrogen (secondary N) is 1. The SMILES string of the molecule is O[C@H](COc1ccc2ccccc2c1)[C@@H]1CCCCN1. The van der Waals surface area contributed by atoms with Crippen LogP contribution in [0.15, 0.2) is 42.5 Å².